The van der Waals surface area contributed by atoms with Crippen molar-refractivity contribution in [2.45, 2.75) is 30.3 Å². The van der Waals surface area contributed by atoms with Crippen LogP contribution in [0.4, 0.5) is 5.69 Å². The minimum Gasteiger partial charge on any atom is -0.497 e. The summed E-state index contributed by atoms with van der Waals surface area (Å²) in [5.74, 6) is 0.883. The predicted molar refractivity (Wildman–Crippen MR) is 108 cm³/mol. The van der Waals surface area contributed by atoms with E-state index in [1.54, 1.807) is 11.8 Å². The average molecular weight is 395 g/mol. The molecule has 1 amide bonds. The number of aromatic nitrogens is 4. The Bertz CT molecular complexity index is 973. The Morgan fingerprint density at radius 2 is 2.00 bits per heavy atom. The summed E-state index contributed by atoms with van der Waals surface area (Å²) in [5.41, 5.74) is 3.29. The molecule has 144 valence electrons. The lowest BCUT2D eigenvalue weighted by molar-refractivity contribution is -0.117. The molecule has 8 heteroatoms. The fourth-order valence-electron chi connectivity index (χ4n) is 3.28. The molecule has 0 saturated carbocycles. The smallest absolute Gasteiger partial charge is 0.240 e. The van der Waals surface area contributed by atoms with Crippen LogP contribution in [0, 0.1) is 0 Å². The van der Waals surface area contributed by atoms with Crippen LogP contribution < -0.4 is 9.64 Å². The van der Waals surface area contributed by atoms with Crippen LogP contribution in [0.1, 0.15) is 18.1 Å². The van der Waals surface area contributed by atoms with Gasteiger partial charge in [-0.05, 0) is 53.1 Å². The monoisotopic (exact) mass is 395 g/mol. The van der Waals surface area contributed by atoms with Gasteiger partial charge < -0.3 is 9.64 Å². The van der Waals surface area contributed by atoms with Crippen molar-refractivity contribution in [1.82, 2.24) is 20.2 Å². The molecule has 0 aliphatic carbocycles. The molecule has 1 aliphatic heterocycles. The van der Waals surface area contributed by atoms with E-state index in [-0.39, 0.29) is 11.2 Å². The molecule has 2 heterocycles. The number of anilines is 1. The molecule has 0 bridgehead atoms. The number of amides is 1. The van der Waals surface area contributed by atoms with E-state index in [2.05, 4.69) is 21.6 Å². The second kappa shape index (κ2) is 8.02. The zero-order chi connectivity index (χ0) is 19.5. The van der Waals surface area contributed by atoms with Gasteiger partial charge in [0.05, 0.1) is 18.9 Å². The third-order valence-corrected chi connectivity index (χ3v) is 5.83. The molecular weight excluding hydrogens is 374 g/mol. The Balaban J connectivity index is 1.45. The van der Waals surface area contributed by atoms with E-state index in [1.165, 1.54) is 17.3 Å². The van der Waals surface area contributed by atoms with Crippen molar-refractivity contribution in [1.29, 1.82) is 0 Å². The number of rotatable bonds is 6. The maximum absolute atomic E-state index is 13.0. The molecule has 0 spiro atoms. The molecule has 1 aromatic heterocycles. The van der Waals surface area contributed by atoms with Crippen LogP contribution in [0.3, 0.4) is 0 Å². The van der Waals surface area contributed by atoms with Crippen molar-refractivity contribution >= 4 is 23.4 Å². The SMILES string of the molecule is COc1ccc(Cn2nnnc2SC(C)C(=O)N2CCc3ccccc32)cc1. The second-order valence-corrected chi connectivity index (χ2v) is 7.90. The van der Waals surface area contributed by atoms with Crippen molar-refractivity contribution in [3.8, 4) is 5.75 Å². The minimum atomic E-state index is -0.285. The molecule has 0 fully saturated rings. The number of para-hydroxylation sites is 1. The largest absolute Gasteiger partial charge is 0.497 e. The van der Waals surface area contributed by atoms with Crippen LogP contribution >= 0.6 is 11.8 Å². The average Bonchev–Trinajstić information content (AvgIpc) is 3.35. The van der Waals surface area contributed by atoms with Crippen molar-refractivity contribution in [2.24, 2.45) is 0 Å². The van der Waals surface area contributed by atoms with E-state index in [0.29, 0.717) is 11.7 Å². The molecule has 4 rings (SSSR count). The molecule has 1 aliphatic rings. The topological polar surface area (TPSA) is 73.1 Å². The van der Waals surface area contributed by atoms with Gasteiger partial charge in [0.2, 0.25) is 11.1 Å². The summed E-state index contributed by atoms with van der Waals surface area (Å²) in [5, 5.41) is 12.3. The van der Waals surface area contributed by atoms with Crippen LogP contribution in [0.15, 0.2) is 53.7 Å². The quantitative estimate of drug-likeness (QED) is 0.598. The van der Waals surface area contributed by atoms with E-state index in [9.17, 15) is 4.79 Å². The Kier molecular flexibility index (Phi) is 5.29. The van der Waals surface area contributed by atoms with Gasteiger partial charge in [-0.25, -0.2) is 4.68 Å². The fraction of sp³-hybridized carbons (Fsp3) is 0.300. The highest BCUT2D eigenvalue weighted by atomic mass is 32.2. The van der Waals surface area contributed by atoms with E-state index >= 15 is 0 Å². The number of tetrazole rings is 1. The lowest BCUT2D eigenvalue weighted by Gasteiger charge is -2.21. The van der Waals surface area contributed by atoms with Gasteiger partial charge in [-0.1, -0.05) is 42.1 Å². The van der Waals surface area contributed by atoms with Crippen molar-refractivity contribution in [2.75, 3.05) is 18.6 Å². The third kappa shape index (κ3) is 3.73. The summed E-state index contributed by atoms with van der Waals surface area (Å²) in [6.07, 6.45) is 0.897. The number of fused-ring (bicyclic) bond motifs is 1. The number of ether oxygens (including phenoxy) is 1. The second-order valence-electron chi connectivity index (χ2n) is 6.60. The number of benzene rings is 2. The van der Waals surface area contributed by atoms with Gasteiger partial charge in [-0.2, -0.15) is 0 Å². The highest BCUT2D eigenvalue weighted by Crippen LogP contribution is 2.31. The number of carbonyl (C=O) groups is 1. The van der Waals surface area contributed by atoms with E-state index in [0.717, 1.165) is 30.0 Å². The molecule has 1 unspecified atom stereocenters. The third-order valence-electron chi connectivity index (χ3n) is 4.77. The summed E-state index contributed by atoms with van der Waals surface area (Å²) in [7, 11) is 1.64. The zero-order valence-electron chi connectivity index (χ0n) is 15.8. The molecular formula is C20H21N5O2S. The zero-order valence-corrected chi connectivity index (χ0v) is 16.6. The fourth-order valence-corrected chi connectivity index (χ4v) is 4.13. The first-order valence-corrected chi connectivity index (χ1v) is 9.98. The Hall–Kier alpha value is -2.87. The Morgan fingerprint density at radius 1 is 1.21 bits per heavy atom. The van der Waals surface area contributed by atoms with E-state index < -0.39 is 0 Å². The van der Waals surface area contributed by atoms with Crippen molar-refractivity contribution in [3.63, 3.8) is 0 Å². The van der Waals surface area contributed by atoms with Gasteiger partial charge in [-0.3, -0.25) is 4.79 Å². The summed E-state index contributed by atoms with van der Waals surface area (Å²) in [6, 6.07) is 15.8. The first kappa shape index (κ1) is 18.5. The molecule has 0 N–H and O–H groups in total. The van der Waals surface area contributed by atoms with Crippen molar-refractivity contribution < 1.29 is 9.53 Å². The number of hydrogen-bond donors (Lipinski definition) is 0. The highest BCUT2D eigenvalue weighted by Gasteiger charge is 2.29. The maximum Gasteiger partial charge on any atom is 0.240 e. The number of hydrogen-bond acceptors (Lipinski definition) is 6. The summed E-state index contributed by atoms with van der Waals surface area (Å²) in [6.45, 7) is 3.16. The normalized spacial score (nSPS) is 14.0. The minimum absolute atomic E-state index is 0.0777. The van der Waals surface area contributed by atoms with Gasteiger partial charge in [0.15, 0.2) is 0 Å². The standard InChI is InChI=1S/C20H21N5O2S/c1-14(19(26)24-12-11-16-5-3-4-6-18(16)24)28-20-21-22-23-25(20)13-15-7-9-17(27-2)10-8-15/h3-10,14H,11-13H2,1-2H3. The van der Waals surface area contributed by atoms with E-state index in [4.69, 9.17) is 4.74 Å². The summed E-state index contributed by atoms with van der Waals surface area (Å²) >= 11 is 1.38. The van der Waals surface area contributed by atoms with Crippen LogP contribution in [0.25, 0.3) is 0 Å². The number of nitrogens with zero attached hydrogens (tertiary/aromatic N) is 5. The van der Waals surface area contributed by atoms with Crippen LogP contribution in [-0.4, -0.2) is 45.0 Å². The van der Waals surface area contributed by atoms with Crippen LogP contribution in [-0.2, 0) is 17.8 Å². The first-order chi connectivity index (χ1) is 13.7. The van der Waals surface area contributed by atoms with Gasteiger partial charge in [0, 0.05) is 12.2 Å². The van der Waals surface area contributed by atoms with Gasteiger partial charge in [-0.15, -0.1) is 5.10 Å². The molecule has 2 aromatic carbocycles. The number of methoxy groups -OCH3 is 1. The molecule has 1 atom stereocenters. The Labute approximate surface area is 167 Å². The lowest BCUT2D eigenvalue weighted by Crippen LogP contribution is -2.35. The lowest BCUT2D eigenvalue weighted by atomic mass is 10.2. The van der Waals surface area contributed by atoms with Gasteiger partial charge in [0.25, 0.3) is 0 Å². The van der Waals surface area contributed by atoms with Gasteiger partial charge in [0.1, 0.15) is 5.75 Å². The Morgan fingerprint density at radius 3 is 2.79 bits per heavy atom. The molecule has 28 heavy (non-hydrogen) atoms. The highest BCUT2D eigenvalue weighted by molar-refractivity contribution is 8.00. The summed E-state index contributed by atoms with van der Waals surface area (Å²) in [4.78, 5) is 14.9. The number of carbonyl (C=O) groups excluding carboxylic acids is 1. The number of thioether (sulfide) groups is 1. The van der Waals surface area contributed by atoms with Gasteiger partial charge >= 0.3 is 0 Å². The first-order valence-electron chi connectivity index (χ1n) is 9.11. The predicted octanol–water partition coefficient (Wildman–Crippen LogP) is 2.80. The summed E-state index contributed by atoms with van der Waals surface area (Å²) < 4.78 is 6.90. The van der Waals surface area contributed by atoms with Crippen LogP contribution in [0.5, 0.6) is 5.75 Å². The van der Waals surface area contributed by atoms with Crippen molar-refractivity contribution in [3.05, 3.63) is 59.7 Å². The van der Waals surface area contributed by atoms with E-state index in [1.807, 2.05) is 54.3 Å². The molecule has 0 saturated heterocycles. The molecule has 7 nitrogen and oxygen atoms in total. The molecule has 3 aromatic rings. The maximum atomic E-state index is 13.0. The molecule has 0 radical (unpaired) electrons. The van der Waals surface area contributed by atoms with Crippen LogP contribution in [0.2, 0.25) is 0 Å².